The van der Waals surface area contributed by atoms with Crippen LogP contribution >= 0.6 is 0 Å². The fourth-order valence-electron chi connectivity index (χ4n) is 3.12. The number of aryl methyl sites for hydroxylation is 1. The first-order valence-electron chi connectivity index (χ1n) is 8.92. The number of aromatic nitrogens is 3. The van der Waals surface area contributed by atoms with Crippen LogP contribution in [0.25, 0.3) is 33.9 Å². The number of nitrogens with one attached hydrogen (secondary N) is 1. The lowest BCUT2D eigenvalue weighted by molar-refractivity contribution is 0.0601. The molecule has 0 aliphatic heterocycles. The minimum atomic E-state index is -0.357. The molecule has 0 saturated heterocycles. The topological polar surface area (TPSA) is 67.9 Å². The maximum absolute atomic E-state index is 11.7. The molecule has 2 aromatic carbocycles. The molecule has 0 radical (unpaired) electrons. The first-order chi connectivity index (χ1) is 13.7. The number of benzene rings is 2. The summed E-state index contributed by atoms with van der Waals surface area (Å²) in [6, 6.07) is 19.4. The number of hydrogen-bond donors (Lipinski definition) is 1. The van der Waals surface area contributed by atoms with Crippen molar-refractivity contribution < 1.29 is 9.53 Å². The van der Waals surface area contributed by atoms with Crippen molar-refractivity contribution in [1.82, 2.24) is 15.0 Å². The van der Waals surface area contributed by atoms with Crippen molar-refractivity contribution in [2.75, 3.05) is 7.11 Å². The quantitative estimate of drug-likeness (QED) is 0.520. The SMILES string of the molecule is COC(=O)c1ccc(-c2nc(-c3cccc(C)c3)c(-c3ccncc3)[nH]2)cc1. The Morgan fingerprint density at radius 3 is 2.36 bits per heavy atom. The number of rotatable bonds is 4. The van der Waals surface area contributed by atoms with Crippen molar-refractivity contribution in [3.63, 3.8) is 0 Å². The third-order valence-corrected chi connectivity index (χ3v) is 4.54. The van der Waals surface area contributed by atoms with Crippen molar-refractivity contribution in [3.8, 4) is 33.9 Å². The highest BCUT2D eigenvalue weighted by Crippen LogP contribution is 2.33. The van der Waals surface area contributed by atoms with E-state index in [2.05, 4.69) is 35.1 Å². The molecule has 0 spiro atoms. The summed E-state index contributed by atoms with van der Waals surface area (Å²) in [6.07, 6.45) is 3.53. The Labute approximate surface area is 163 Å². The predicted octanol–water partition coefficient (Wildman–Crippen LogP) is 4.90. The number of aromatic amines is 1. The second-order valence-corrected chi connectivity index (χ2v) is 6.48. The van der Waals surface area contributed by atoms with Crippen molar-refractivity contribution >= 4 is 5.97 Å². The standard InChI is InChI=1S/C23H19N3O2/c1-15-4-3-5-19(14-15)21-20(16-10-12-24-13-11-16)25-22(26-21)17-6-8-18(9-7-17)23(27)28-2/h3-14H,1-2H3,(H,25,26). The van der Waals surface area contributed by atoms with Gasteiger partial charge in [0.2, 0.25) is 0 Å². The van der Waals surface area contributed by atoms with Crippen LogP contribution < -0.4 is 0 Å². The van der Waals surface area contributed by atoms with Crippen molar-refractivity contribution in [2.45, 2.75) is 6.92 Å². The summed E-state index contributed by atoms with van der Waals surface area (Å²) in [7, 11) is 1.37. The average Bonchev–Trinajstić information content (AvgIpc) is 3.19. The van der Waals surface area contributed by atoms with E-state index in [1.54, 1.807) is 24.5 Å². The molecule has 2 heterocycles. The van der Waals surface area contributed by atoms with E-state index in [4.69, 9.17) is 9.72 Å². The molecule has 4 aromatic rings. The molecule has 0 atom stereocenters. The van der Waals surface area contributed by atoms with Gasteiger partial charge in [-0.25, -0.2) is 9.78 Å². The maximum atomic E-state index is 11.7. The van der Waals surface area contributed by atoms with Gasteiger partial charge >= 0.3 is 5.97 Å². The van der Waals surface area contributed by atoms with Gasteiger partial charge in [0.05, 0.1) is 24.1 Å². The number of carbonyl (C=O) groups excluding carboxylic acids is 1. The van der Waals surface area contributed by atoms with Gasteiger partial charge in [0.15, 0.2) is 0 Å². The van der Waals surface area contributed by atoms with Crippen LogP contribution in [-0.4, -0.2) is 28.0 Å². The maximum Gasteiger partial charge on any atom is 0.337 e. The zero-order valence-electron chi connectivity index (χ0n) is 15.6. The number of pyridine rings is 1. The molecule has 5 nitrogen and oxygen atoms in total. The summed E-state index contributed by atoms with van der Waals surface area (Å²) in [4.78, 5) is 24.1. The number of esters is 1. The van der Waals surface area contributed by atoms with E-state index in [1.165, 1.54) is 12.7 Å². The average molecular weight is 369 g/mol. The minimum Gasteiger partial charge on any atom is -0.465 e. The second kappa shape index (κ2) is 7.48. The summed E-state index contributed by atoms with van der Waals surface area (Å²) in [5, 5.41) is 0. The Bertz CT molecular complexity index is 1120. The Morgan fingerprint density at radius 1 is 0.929 bits per heavy atom. The molecule has 1 N–H and O–H groups in total. The zero-order valence-corrected chi connectivity index (χ0v) is 15.6. The van der Waals surface area contributed by atoms with Gasteiger partial charge in [-0.1, -0.05) is 35.9 Å². The first-order valence-corrected chi connectivity index (χ1v) is 8.92. The summed E-state index contributed by atoms with van der Waals surface area (Å²) in [5.41, 5.74) is 6.43. The summed E-state index contributed by atoms with van der Waals surface area (Å²) < 4.78 is 4.76. The molecule has 5 heteroatoms. The van der Waals surface area contributed by atoms with Crippen LogP contribution in [0.5, 0.6) is 0 Å². The van der Waals surface area contributed by atoms with Gasteiger partial charge in [0.25, 0.3) is 0 Å². The number of carbonyl (C=O) groups is 1. The van der Waals surface area contributed by atoms with Gasteiger partial charge < -0.3 is 9.72 Å². The lowest BCUT2D eigenvalue weighted by Gasteiger charge is -2.03. The Hall–Kier alpha value is -3.73. The Kier molecular flexibility index (Phi) is 4.72. The van der Waals surface area contributed by atoms with Crippen LogP contribution in [0.3, 0.4) is 0 Å². The van der Waals surface area contributed by atoms with Crippen LogP contribution in [-0.2, 0) is 4.74 Å². The molecule has 0 aliphatic rings. The van der Waals surface area contributed by atoms with Crippen LogP contribution in [0.4, 0.5) is 0 Å². The van der Waals surface area contributed by atoms with Crippen LogP contribution in [0.2, 0.25) is 0 Å². The van der Waals surface area contributed by atoms with Gasteiger partial charge in [0.1, 0.15) is 5.82 Å². The third kappa shape index (κ3) is 3.42. The molecule has 0 unspecified atom stereocenters. The summed E-state index contributed by atoms with van der Waals surface area (Å²) in [5.74, 6) is 0.378. The Balaban J connectivity index is 1.83. The van der Waals surface area contributed by atoms with Crippen molar-refractivity contribution in [2.24, 2.45) is 0 Å². The fourth-order valence-corrected chi connectivity index (χ4v) is 3.12. The molecule has 0 saturated carbocycles. The smallest absolute Gasteiger partial charge is 0.337 e. The van der Waals surface area contributed by atoms with E-state index in [1.807, 2.05) is 30.3 Å². The van der Waals surface area contributed by atoms with Crippen molar-refractivity contribution in [3.05, 3.63) is 84.2 Å². The molecular formula is C23H19N3O2. The molecule has 138 valence electrons. The number of nitrogens with zero attached hydrogens (tertiary/aromatic N) is 2. The van der Waals surface area contributed by atoms with E-state index in [9.17, 15) is 4.79 Å². The summed E-state index contributed by atoms with van der Waals surface area (Å²) in [6.45, 7) is 2.06. The molecule has 28 heavy (non-hydrogen) atoms. The highest BCUT2D eigenvalue weighted by Gasteiger charge is 2.16. The Morgan fingerprint density at radius 2 is 1.68 bits per heavy atom. The fraction of sp³-hybridized carbons (Fsp3) is 0.0870. The molecule has 0 bridgehead atoms. The lowest BCUT2D eigenvalue weighted by Crippen LogP contribution is -2.00. The number of imidazole rings is 1. The first kappa shape index (κ1) is 17.7. The van der Waals surface area contributed by atoms with Gasteiger partial charge in [-0.05, 0) is 37.3 Å². The lowest BCUT2D eigenvalue weighted by atomic mass is 10.0. The number of methoxy groups -OCH3 is 1. The highest BCUT2D eigenvalue weighted by molar-refractivity contribution is 5.90. The van der Waals surface area contributed by atoms with Crippen LogP contribution in [0.15, 0.2) is 73.1 Å². The monoisotopic (exact) mass is 369 g/mol. The second-order valence-electron chi connectivity index (χ2n) is 6.48. The van der Waals surface area contributed by atoms with Crippen molar-refractivity contribution in [1.29, 1.82) is 0 Å². The third-order valence-electron chi connectivity index (χ3n) is 4.54. The van der Waals surface area contributed by atoms with Gasteiger partial charge in [0, 0.05) is 29.1 Å². The molecule has 0 amide bonds. The van der Waals surface area contributed by atoms with E-state index in [-0.39, 0.29) is 5.97 Å². The number of H-pyrrole nitrogens is 1. The number of hydrogen-bond acceptors (Lipinski definition) is 4. The highest BCUT2D eigenvalue weighted by atomic mass is 16.5. The van der Waals surface area contributed by atoms with E-state index in [0.717, 1.165) is 33.9 Å². The van der Waals surface area contributed by atoms with Crippen LogP contribution in [0, 0.1) is 6.92 Å². The van der Waals surface area contributed by atoms with E-state index < -0.39 is 0 Å². The minimum absolute atomic E-state index is 0.357. The predicted molar refractivity (Wildman–Crippen MR) is 109 cm³/mol. The molecule has 2 aromatic heterocycles. The normalized spacial score (nSPS) is 10.6. The molecular weight excluding hydrogens is 350 g/mol. The van der Waals surface area contributed by atoms with Gasteiger partial charge in [-0.15, -0.1) is 0 Å². The molecule has 4 rings (SSSR count). The molecule has 0 aliphatic carbocycles. The molecule has 0 fully saturated rings. The van der Waals surface area contributed by atoms with E-state index in [0.29, 0.717) is 5.56 Å². The van der Waals surface area contributed by atoms with E-state index >= 15 is 0 Å². The zero-order chi connectivity index (χ0) is 19.5. The number of ether oxygens (including phenoxy) is 1. The largest absolute Gasteiger partial charge is 0.465 e. The summed E-state index contributed by atoms with van der Waals surface area (Å²) >= 11 is 0. The van der Waals surface area contributed by atoms with Gasteiger partial charge in [-0.2, -0.15) is 0 Å². The van der Waals surface area contributed by atoms with Crippen LogP contribution in [0.1, 0.15) is 15.9 Å². The van der Waals surface area contributed by atoms with Gasteiger partial charge in [-0.3, -0.25) is 4.98 Å².